The molecule has 2 aromatic carbocycles. The number of nitrogens with one attached hydrogen (secondary N) is 1. The number of phenols is 2. The number of amides is 1. The van der Waals surface area contributed by atoms with Gasteiger partial charge in [0.05, 0.1) is 23.0 Å². The number of esters is 1. The fourth-order valence-electron chi connectivity index (χ4n) is 5.91. The predicted octanol–water partition coefficient (Wildman–Crippen LogP) is 6.84. The molecule has 3 N–H and O–H groups in total. The Labute approximate surface area is 329 Å². The molecule has 0 saturated heterocycles. The van der Waals surface area contributed by atoms with Crippen LogP contribution in [0.5, 0.6) is 17.4 Å². The molecule has 0 aliphatic heterocycles. The van der Waals surface area contributed by atoms with E-state index in [1.165, 1.54) is 30.0 Å². The number of fused-ring (bicyclic) bond motifs is 1. The molecular formula is C40H48BrN3O10S. The van der Waals surface area contributed by atoms with Crippen molar-refractivity contribution in [1.82, 2.24) is 14.9 Å². The van der Waals surface area contributed by atoms with Crippen LogP contribution < -0.4 is 15.6 Å². The van der Waals surface area contributed by atoms with Crippen LogP contribution in [0.3, 0.4) is 0 Å². The number of sulfone groups is 1. The summed E-state index contributed by atoms with van der Waals surface area (Å²) < 4.78 is 41.3. The quantitative estimate of drug-likeness (QED) is 0.135. The monoisotopic (exact) mass is 841 g/mol. The number of allylic oxidation sites excluding steroid dienone is 1. The van der Waals surface area contributed by atoms with Crippen molar-refractivity contribution in [1.29, 1.82) is 0 Å². The molecule has 0 radical (unpaired) electrons. The van der Waals surface area contributed by atoms with Gasteiger partial charge in [-0.25, -0.2) is 23.0 Å². The van der Waals surface area contributed by atoms with Crippen molar-refractivity contribution in [2.24, 2.45) is 0 Å². The lowest BCUT2D eigenvalue weighted by atomic mass is 10.0. The van der Waals surface area contributed by atoms with Gasteiger partial charge in [-0.3, -0.25) is 4.79 Å². The van der Waals surface area contributed by atoms with E-state index in [0.717, 1.165) is 53.9 Å². The Morgan fingerprint density at radius 3 is 2.29 bits per heavy atom. The number of aromatic hydroxyl groups is 2. The zero-order chi connectivity index (χ0) is 40.5. The second-order valence-corrected chi connectivity index (χ2v) is 17.2. The highest BCUT2D eigenvalue weighted by Gasteiger charge is 2.26. The average Bonchev–Trinajstić information content (AvgIpc) is 3.61. The maximum atomic E-state index is 13.3. The molecule has 1 aliphatic rings. The largest absolute Gasteiger partial charge is 0.508 e. The SMILES string of the molecule is COC(=O)[C@H](Cc1ccc(O)c(Br)c1)NC(=O)OC(C)(C)C.Cc1cc(C[C@@H](/C=C/S(C)(=O)=O)n2ccc3cc(OC4CCCC4)ncc3c2=O)ccc1O. The first-order chi connectivity index (χ1) is 25.8. The fraction of sp³-hybridized carbons (Fsp3) is 0.400. The standard InChI is InChI=1S/C25H28N2O5S.C15H20BrNO5/c1-17-13-18(7-8-23(17)28)14-20(10-12-33(2,30)31)27-11-9-19-15-24(26-16-22(19)25(27)29)32-21-5-3-4-6-21;1-15(2,3)22-14(20)17-11(13(19)21-4)8-9-5-6-12(18)10(16)7-9/h7-13,15-16,20-21,28H,3-6,14H2,1-2H3;5-7,11,18H,8H2,1-4H3,(H,17,20)/b12-10+;/t20-;11-/m10/s1. The van der Waals surface area contributed by atoms with Gasteiger partial charge >= 0.3 is 12.1 Å². The number of halogens is 1. The van der Waals surface area contributed by atoms with E-state index in [1.807, 2.05) is 12.1 Å². The second-order valence-electron chi connectivity index (χ2n) is 14.4. The maximum Gasteiger partial charge on any atom is 0.408 e. The van der Waals surface area contributed by atoms with Crippen molar-refractivity contribution >= 4 is 48.6 Å². The van der Waals surface area contributed by atoms with E-state index in [9.17, 15) is 33.0 Å². The van der Waals surface area contributed by atoms with Crippen LogP contribution in [-0.4, -0.2) is 71.4 Å². The number of hydrogen-bond donors (Lipinski definition) is 3. The number of alkyl carbamates (subject to hydrolysis) is 1. The van der Waals surface area contributed by atoms with Crippen molar-refractivity contribution in [3.8, 4) is 17.4 Å². The number of phenolic OH excluding ortho intramolecular Hbond substituents is 2. The van der Waals surface area contributed by atoms with Gasteiger partial charge in [0.2, 0.25) is 5.88 Å². The molecule has 1 fully saturated rings. The molecule has 0 spiro atoms. The number of nitrogens with zero attached hydrogens (tertiary/aromatic N) is 2. The lowest BCUT2D eigenvalue weighted by molar-refractivity contribution is -0.143. The summed E-state index contributed by atoms with van der Waals surface area (Å²) in [5.41, 5.74) is 1.41. The summed E-state index contributed by atoms with van der Waals surface area (Å²) in [6, 6.07) is 12.2. The number of benzene rings is 2. The number of carbonyl (C=O) groups is 2. The number of carbonyl (C=O) groups excluding carboxylic acids is 2. The molecule has 1 saturated carbocycles. The third-order valence-electron chi connectivity index (χ3n) is 8.62. The van der Waals surface area contributed by atoms with Gasteiger partial charge in [0.25, 0.3) is 5.56 Å². The van der Waals surface area contributed by atoms with Gasteiger partial charge < -0.3 is 34.3 Å². The third-order valence-corrected chi connectivity index (χ3v) is 9.91. The molecule has 296 valence electrons. The minimum absolute atomic E-state index is 0.0958. The van der Waals surface area contributed by atoms with Crippen LogP contribution in [0.1, 0.15) is 69.2 Å². The number of ether oxygens (including phenoxy) is 3. The molecule has 4 aromatic rings. The summed E-state index contributed by atoms with van der Waals surface area (Å²) in [6.07, 6.45) is 10.3. The highest BCUT2D eigenvalue weighted by Crippen LogP contribution is 2.27. The molecule has 0 bridgehead atoms. The summed E-state index contributed by atoms with van der Waals surface area (Å²) >= 11 is 3.20. The molecule has 2 atom stereocenters. The van der Waals surface area contributed by atoms with E-state index in [-0.39, 0.29) is 29.6 Å². The highest BCUT2D eigenvalue weighted by atomic mass is 79.9. The Bertz CT molecular complexity index is 2190. The first kappa shape index (κ1) is 42.8. The molecule has 2 heterocycles. The van der Waals surface area contributed by atoms with E-state index in [1.54, 1.807) is 64.2 Å². The number of aromatic nitrogens is 2. The van der Waals surface area contributed by atoms with Crippen molar-refractivity contribution in [2.45, 2.75) is 90.0 Å². The summed E-state index contributed by atoms with van der Waals surface area (Å²) in [7, 11) is -2.12. The van der Waals surface area contributed by atoms with Crippen LogP contribution >= 0.6 is 15.9 Å². The maximum absolute atomic E-state index is 13.3. The Balaban J connectivity index is 0.000000267. The number of methoxy groups -OCH3 is 1. The molecule has 5 rings (SSSR count). The van der Waals surface area contributed by atoms with Crippen LogP contribution in [0.15, 0.2) is 81.7 Å². The van der Waals surface area contributed by atoms with Gasteiger partial charge in [-0.2, -0.15) is 0 Å². The van der Waals surface area contributed by atoms with Gasteiger partial charge in [0.15, 0.2) is 9.84 Å². The minimum Gasteiger partial charge on any atom is -0.508 e. The van der Waals surface area contributed by atoms with Crippen molar-refractivity contribution in [3.05, 3.63) is 104 Å². The van der Waals surface area contributed by atoms with Crippen molar-refractivity contribution < 1.29 is 42.4 Å². The van der Waals surface area contributed by atoms with Crippen molar-refractivity contribution in [2.75, 3.05) is 13.4 Å². The van der Waals surface area contributed by atoms with Gasteiger partial charge in [-0.1, -0.05) is 24.3 Å². The molecule has 1 aliphatic carbocycles. The summed E-state index contributed by atoms with van der Waals surface area (Å²) in [4.78, 5) is 41.3. The van der Waals surface area contributed by atoms with E-state index in [0.29, 0.717) is 27.7 Å². The minimum atomic E-state index is -3.37. The van der Waals surface area contributed by atoms with E-state index in [2.05, 4.69) is 26.2 Å². The van der Waals surface area contributed by atoms with E-state index < -0.39 is 39.6 Å². The number of pyridine rings is 2. The fourth-order valence-corrected chi connectivity index (χ4v) is 6.81. The Morgan fingerprint density at radius 1 is 1.04 bits per heavy atom. The van der Waals surface area contributed by atoms with Crippen molar-refractivity contribution in [3.63, 3.8) is 0 Å². The molecule has 15 heteroatoms. The van der Waals surface area contributed by atoms with Gasteiger partial charge in [-0.15, -0.1) is 0 Å². The van der Waals surface area contributed by atoms with E-state index >= 15 is 0 Å². The van der Waals surface area contributed by atoms with Crippen LogP contribution in [0.2, 0.25) is 0 Å². The van der Waals surface area contributed by atoms with Gasteiger partial charge in [-0.05, 0) is 122 Å². The lowest BCUT2D eigenvalue weighted by Gasteiger charge is -2.22. The zero-order valence-corrected chi connectivity index (χ0v) is 34.1. The van der Waals surface area contributed by atoms with E-state index in [4.69, 9.17) is 14.2 Å². The average molecular weight is 843 g/mol. The molecule has 2 aromatic heterocycles. The molecule has 0 unspecified atom stereocenters. The molecular weight excluding hydrogens is 794 g/mol. The summed E-state index contributed by atoms with van der Waals surface area (Å²) in [6.45, 7) is 6.99. The number of rotatable bonds is 11. The lowest BCUT2D eigenvalue weighted by Crippen LogP contribution is -2.45. The second kappa shape index (κ2) is 18.6. The molecule has 1 amide bonds. The number of hydrogen-bond acceptors (Lipinski definition) is 11. The topological polar surface area (TPSA) is 183 Å². The zero-order valence-electron chi connectivity index (χ0n) is 31.7. The summed E-state index contributed by atoms with van der Waals surface area (Å²) in [5, 5.41) is 24.1. The van der Waals surface area contributed by atoms with Crippen LogP contribution in [-0.2, 0) is 36.9 Å². The Morgan fingerprint density at radius 2 is 1.69 bits per heavy atom. The predicted molar refractivity (Wildman–Crippen MR) is 213 cm³/mol. The highest BCUT2D eigenvalue weighted by molar-refractivity contribution is 9.10. The smallest absolute Gasteiger partial charge is 0.408 e. The van der Waals surface area contributed by atoms with Crippen LogP contribution in [0.4, 0.5) is 4.79 Å². The van der Waals surface area contributed by atoms with Gasteiger partial charge in [0, 0.05) is 36.5 Å². The first-order valence-corrected chi connectivity index (χ1v) is 20.5. The van der Waals surface area contributed by atoms with Crippen LogP contribution in [0.25, 0.3) is 10.8 Å². The first-order valence-electron chi connectivity index (χ1n) is 17.7. The summed E-state index contributed by atoms with van der Waals surface area (Å²) in [5.74, 6) is 0.222. The third kappa shape index (κ3) is 13.1. The normalized spacial score (nSPS) is 14.5. The van der Waals surface area contributed by atoms with Crippen LogP contribution in [0, 0.1) is 6.92 Å². The Hall–Kier alpha value is -4.89. The van der Waals surface area contributed by atoms with Gasteiger partial charge in [0.1, 0.15) is 29.2 Å². The number of aryl methyl sites for hydroxylation is 1. The Kier molecular flexibility index (Phi) is 14.5. The molecule has 13 nitrogen and oxygen atoms in total. The molecule has 55 heavy (non-hydrogen) atoms.